The van der Waals surface area contributed by atoms with Gasteiger partial charge in [-0.2, -0.15) is 0 Å². The van der Waals surface area contributed by atoms with Crippen molar-refractivity contribution in [2.24, 2.45) is 23.5 Å². The Labute approximate surface area is 108 Å². The van der Waals surface area contributed by atoms with Crippen LogP contribution in [-0.4, -0.2) is 33.6 Å². The van der Waals surface area contributed by atoms with E-state index in [9.17, 15) is 0 Å². The normalized spacial score (nSPS) is 39.2. The molecule has 2 aliphatic carbocycles. The molecule has 3 aliphatic rings. The van der Waals surface area contributed by atoms with Crippen molar-refractivity contribution in [3.05, 3.63) is 18.2 Å². The molecule has 4 heteroatoms. The summed E-state index contributed by atoms with van der Waals surface area (Å²) in [4.78, 5) is 7.00. The smallest absolute Gasteiger partial charge is 0.122 e. The second kappa shape index (κ2) is 4.07. The molecule has 18 heavy (non-hydrogen) atoms. The van der Waals surface area contributed by atoms with Crippen LogP contribution in [0.2, 0.25) is 0 Å². The predicted molar refractivity (Wildman–Crippen MR) is 69.8 cm³/mol. The average Bonchev–Trinajstić information content (AvgIpc) is 3.07. The van der Waals surface area contributed by atoms with Gasteiger partial charge in [0.1, 0.15) is 5.82 Å². The average molecular weight is 246 g/mol. The minimum absolute atomic E-state index is 0.463. The van der Waals surface area contributed by atoms with Gasteiger partial charge in [-0.25, -0.2) is 4.98 Å². The fourth-order valence-electron chi connectivity index (χ4n) is 4.40. The van der Waals surface area contributed by atoms with Crippen LogP contribution in [0.25, 0.3) is 0 Å². The molecule has 0 amide bonds. The van der Waals surface area contributed by atoms with Gasteiger partial charge in [0.2, 0.25) is 0 Å². The van der Waals surface area contributed by atoms with E-state index in [0.717, 1.165) is 37.4 Å². The van der Waals surface area contributed by atoms with E-state index in [-0.39, 0.29) is 0 Å². The van der Waals surface area contributed by atoms with E-state index in [1.54, 1.807) is 0 Å². The third kappa shape index (κ3) is 1.62. The van der Waals surface area contributed by atoms with Gasteiger partial charge in [-0.1, -0.05) is 0 Å². The Balaban J connectivity index is 1.44. The molecule has 2 heterocycles. The topological polar surface area (TPSA) is 47.1 Å². The number of nitrogens with two attached hydrogens (primary N) is 1. The molecule has 0 aromatic carbocycles. The zero-order valence-corrected chi connectivity index (χ0v) is 10.8. The maximum Gasteiger partial charge on any atom is 0.122 e. The number of imidazole rings is 1. The van der Waals surface area contributed by atoms with Gasteiger partial charge < -0.3 is 10.3 Å². The molecule has 1 aliphatic heterocycles. The monoisotopic (exact) mass is 246 g/mol. The summed E-state index contributed by atoms with van der Waals surface area (Å²) in [6, 6.07) is 0.463. The van der Waals surface area contributed by atoms with Crippen molar-refractivity contribution < 1.29 is 0 Å². The fraction of sp³-hybridized carbons (Fsp3) is 0.786. The maximum atomic E-state index is 6.41. The first-order valence-electron chi connectivity index (χ1n) is 7.29. The van der Waals surface area contributed by atoms with Crippen molar-refractivity contribution in [1.82, 2.24) is 14.5 Å². The first kappa shape index (κ1) is 11.0. The molecule has 1 aromatic rings. The highest BCUT2D eigenvalue weighted by Gasteiger charge is 2.46. The lowest BCUT2D eigenvalue weighted by Crippen LogP contribution is -2.45. The lowest BCUT2D eigenvalue weighted by atomic mass is 9.84. The molecule has 0 radical (unpaired) electrons. The molecule has 2 fully saturated rings. The Hall–Kier alpha value is -0.870. The molecule has 98 valence electrons. The molecular weight excluding hydrogens is 224 g/mol. The minimum Gasteiger partial charge on any atom is -0.333 e. The number of rotatable bonds is 2. The quantitative estimate of drug-likeness (QED) is 0.849. The highest BCUT2D eigenvalue weighted by Crippen LogP contribution is 2.47. The predicted octanol–water partition coefficient (Wildman–Crippen LogP) is 1.07. The molecule has 0 spiro atoms. The van der Waals surface area contributed by atoms with Crippen LogP contribution in [0.3, 0.4) is 0 Å². The second-order valence-corrected chi connectivity index (χ2v) is 6.35. The lowest BCUT2D eigenvalue weighted by molar-refractivity contribution is 0.145. The number of fused-ring (bicyclic) bond motifs is 3. The van der Waals surface area contributed by atoms with E-state index < -0.39 is 0 Å². The zero-order valence-electron chi connectivity index (χ0n) is 10.8. The van der Waals surface area contributed by atoms with Crippen LogP contribution in [0.15, 0.2) is 12.4 Å². The van der Waals surface area contributed by atoms with E-state index in [2.05, 4.69) is 20.6 Å². The molecule has 2 bridgehead atoms. The van der Waals surface area contributed by atoms with E-state index in [0.29, 0.717) is 6.04 Å². The van der Waals surface area contributed by atoms with Crippen LogP contribution in [0.1, 0.15) is 25.1 Å². The van der Waals surface area contributed by atoms with Crippen LogP contribution < -0.4 is 5.73 Å². The number of nitrogens with zero attached hydrogens (tertiary/aromatic N) is 3. The summed E-state index contributed by atoms with van der Waals surface area (Å²) in [5.41, 5.74) is 6.41. The minimum atomic E-state index is 0.463. The third-order valence-electron chi connectivity index (χ3n) is 5.45. The van der Waals surface area contributed by atoms with E-state index in [1.807, 2.05) is 6.20 Å². The Morgan fingerprint density at radius 2 is 2.17 bits per heavy atom. The molecular formula is C14H22N4. The number of hydrogen-bond acceptors (Lipinski definition) is 3. The molecule has 2 saturated carbocycles. The van der Waals surface area contributed by atoms with Crippen molar-refractivity contribution in [3.63, 3.8) is 0 Å². The summed E-state index contributed by atoms with van der Waals surface area (Å²) in [6.45, 7) is 4.44. The highest BCUT2D eigenvalue weighted by molar-refractivity contribution is 5.01. The summed E-state index contributed by atoms with van der Waals surface area (Å²) >= 11 is 0. The van der Waals surface area contributed by atoms with Crippen LogP contribution in [0, 0.1) is 17.8 Å². The van der Waals surface area contributed by atoms with Gasteiger partial charge in [-0.3, -0.25) is 4.90 Å². The first-order valence-corrected chi connectivity index (χ1v) is 7.29. The van der Waals surface area contributed by atoms with Crippen molar-refractivity contribution in [2.75, 3.05) is 13.1 Å². The number of aromatic nitrogens is 2. The molecule has 4 unspecified atom stereocenters. The van der Waals surface area contributed by atoms with Gasteiger partial charge in [0.05, 0.1) is 6.54 Å². The molecule has 0 saturated heterocycles. The second-order valence-electron chi connectivity index (χ2n) is 6.35. The molecule has 2 N–H and O–H groups in total. The van der Waals surface area contributed by atoms with Crippen molar-refractivity contribution in [3.8, 4) is 0 Å². The zero-order chi connectivity index (χ0) is 12.1. The first-order chi connectivity index (χ1) is 8.81. The molecule has 4 nitrogen and oxygen atoms in total. The summed E-state index contributed by atoms with van der Waals surface area (Å²) in [5, 5.41) is 0. The van der Waals surface area contributed by atoms with Gasteiger partial charge in [0, 0.05) is 38.1 Å². The standard InChI is InChI=1S/C14H22N4/c15-14-11-2-1-10(7-11)12(14)8-17-5-6-18-4-3-16-13(18)9-17/h3-4,10-12,14H,1-2,5-9,15H2. The van der Waals surface area contributed by atoms with Crippen molar-refractivity contribution in [1.29, 1.82) is 0 Å². The Morgan fingerprint density at radius 3 is 3.00 bits per heavy atom. The summed E-state index contributed by atoms with van der Waals surface area (Å²) in [5.74, 6) is 3.70. The maximum absolute atomic E-state index is 6.41. The van der Waals surface area contributed by atoms with Crippen LogP contribution >= 0.6 is 0 Å². The van der Waals surface area contributed by atoms with E-state index in [4.69, 9.17) is 5.73 Å². The Morgan fingerprint density at radius 1 is 1.28 bits per heavy atom. The van der Waals surface area contributed by atoms with Gasteiger partial charge in [-0.05, 0) is 37.0 Å². The van der Waals surface area contributed by atoms with Gasteiger partial charge in [0.25, 0.3) is 0 Å². The van der Waals surface area contributed by atoms with Crippen LogP contribution in [0.4, 0.5) is 0 Å². The van der Waals surface area contributed by atoms with Crippen molar-refractivity contribution in [2.45, 2.75) is 38.4 Å². The van der Waals surface area contributed by atoms with E-state index >= 15 is 0 Å². The third-order valence-corrected chi connectivity index (χ3v) is 5.45. The largest absolute Gasteiger partial charge is 0.333 e. The SMILES string of the molecule is NC1C2CCC(C2)C1CN1CCn2ccnc2C1. The molecule has 4 atom stereocenters. The van der Waals surface area contributed by atoms with Crippen LogP contribution in [-0.2, 0) is 13.1 Å². The fourth-order valence-corrected chi connectivity index (χ4v) is 4.40. The van der Waals surface area contributed by atoms with Crippen LogP contribution in [0.5, 0.6) is 0 Å². The summed E-state index contributed by atoms with van der Waals surface area (Å²) in [7, 11) is 0. The summed E-state index contributed by atoms with van der Waals surface area (Å²) in [6.07, 6.45) is 8.21. The summed E-state index contributed by atoms with van der Waals surface area (Å²) < 4.78 is 2.28. The van der Waals surface area contributed by atoms with Gasteiger partial charge in [-0.15, -0.1) is 0 Å². The van der Waals surface area contributed by atoms with Crippen molar-refractivity contribution >= 4 is 0 Å². The van der Waals surface area contributed by atoms with Gasteiger partial charge >= 0.3 is 0 Å². The van der Waals surface area contributed by atoms with Gasteiger partial charge in [0.15, 0.2) is 0 Å². The highest BCUT2D eigenvalue weighted by atomic mass is 15.2. The molecule has 1 aromatic heterocycles. The Bertz CT molecular complexity index is 439. The lowest BCUT2D eigenvalue weighted by Gasteiger charge is -2.35. The Kier molecular flexibility index (Phi) is 2.49. The number of hydrogen-bond donors (Lipinski definition) is 1. The van der Waals surface area contributed by atoms with E-state index in [1.165, 1.54) is 31.6 Å². The molecule has 4 rings (SSSR count).